The molecule has 0 bridgehead atoms. The lowest BCUT2D eigenvalue weighted by Gasteiger charge is -2.50. The molecule has 5 rings (SSSR count). The van der Waals surface area contributed by atoms with Gasteiger partial charge in [-0.05, 0) is 78.9 Å². The van der Waals surface area contributed by atoms with E-state index in [1.54, 1.807) is 12.1 Å². The molecular formula is C29H25ClF2N4O. The maximum atomic E-state index is 15.7. The molecule has 0 radical (unpaired) electrons. The normalized spacial score (nSPS) is 16.1. The maximum absolute atomic E-state index is 15.7. The summed E-state index contributed by atoms with van der Waals surface area (Å²) in [6.45, 7) is 4.25. The zero-order valence-corrected chi connectivity index (χ0v) is 21.2. The molecule has 37 heavy (non-hydrogen) atoms. The SMILES string of the molecule is CC(C)(F)C(c1cc(F)cc(-c2ncon2)c1)C1CN(C(c2ccc(Cl)cc2)c2cccc(C#N)c2)C1. The second-order valence-corrected chi connectivity index (χ2v) is 10.4. The van der Waals surface area contributed by atoms with E-state index in [2.05, 4.69) is 21.1 Å². The van der Waals surface area contributed by atoms with Gasteiger partial charge >= 0.3 is 0 Å². The van der Waals surface area contributed by atoms with Crippen LogP contribution in [0.15, 0.2) is 77.6 Å². The van der Waals surface area contributed by atoms with Crippen LogP contribution in [0.4, 0.5) is 8.78 Å². The van der Waals surface area contributed by atoms with E-state index in [-0.39, 0.29) is 17.8 Å². The van der Waals surface area contributed by atoms with E-state index in [0.29, 0.717) is 34.8 Å². The largest absolute Gasteiger partial charge is 0.342 e. The highest BCUT2D eigenvalue weighted by molar-refractivity contribution is 6.30. The predicted molar refractivity (Wildman–Crippen MR) is 137 cm³/mol. The fourth-order valence-corrected chi connectivity index (χ4v) is 5.58. The van der Waals surface area contributed by atoms with E-state index in [1.165, 1.54) is 32.4 Å². The highest BCUT2D eigenvalue weighted by Gasteiger charge is 2.45. The Morgan fingerprint density at radius 1 is 1.05 bits per heavy atom. The number of rotatable bonds is 7. The second kappa shape index (κ2) is 10.0. The van der Waals surface area contributed by atoms with E-state index in [9.17, 15) is 9.65 Å². The number of halogens is 3. The first kappa shape index (κ1) is 25.1. The standard InChI is InChI=1S/C29H25ClF2N4O/c1-29(2,32)26(21-11-22(13-25(31)12-21)28-34-17-37-35-28)23-15-36(16-23)27(19-6-8-24(30)9-7-19)20-5-3-4-18(10-20)14-33/h3-13,17,23,26-27H,15-16H2,1-2H3. The summed E-state index contributed by atoms with van der Waals surface area (Å²) in [4.78, 5) is 6.27. The highest BCUT2D eigenvalue weighted by Crippen LogP contribution is 2.46. The molecule has 2 unspecified atom stereocenters. The monoisotopic (exact) mass is 518 g/mol. The van der Waals surface area contributed by atoms with Crippen molar-refractivity contribution in [3.05, 3.63) is 106 Å². The van der Waals surface area contributed by atoms with Crippen LogP contribution >= 0.6 is 11.6 Å². The van der Waals surface area contributed by atoms with Crippen LogP contribution in [-0.4, -0.2) is 33.8 Å². The summed E-state index contributed by atoms with van der Waals surface area (Å²) < 4.78 is 35.2. The Bertz CT molecular complexity index is 1420. The van der Waals surface area contributed by atoms with Gasteiger partial charge in [-0.1, -0.05) is 41.0 Å². The maximum Gasteiger partial charge on any atom is 0.214 e. The summed E-state index contributed by atoms with van der Waals surface area (Å²) in [5, 5.41) is 13.9. The minimum atomic E-state index is -1.60. The molecule has 0 aliphatic carbocycles. The van der Waals surface area contributed by atoms with Gasteiger partial charge in [-0.25, -0.2) is 8.78 Å². The van der Waals surface area contributed by atoms with Crippen molar-refractivity contribution in [2.24, 2.45) is 5.92 Å². The zero-order valence-electron chi connectivity index (χ0n) is 20.4. The Morgan fingerprint density at radius 2 is 1.81 bits per heavy atom. The van der Waals surface area contributed by atoms with Crippen LogP contribution in [0.1, 0.15) is 48.1 Å². The van der Waals surface area contributed by atoms with E-state index in [0.717, 1.165) is 11.1 Å². The zero-order chi connectivity index (χ0) is 26.2. The van der Waals surface area contributed by atoms with Crippen LogP contribution in [0.25, 0.3) is 11.4 Å². The first-order valence-corrected chi connectivity index (χ1v) is 12.4. The molecule has 0 saturated carbocycles. The third-order valence-electron chi connectivity index (χ3n) is 6.93. The third-order valence-corrected chi connectivity index (χ3v) is 7.18. The van der Waals surface area contributed by atoms with Crippen LogP contribution in [0.3, 0.4) is 0 Å². The number of nitriles is 1. The summed E-state index contributed by atoms with van der Waals surface area (Å²) in [5.74, 6) is -0.836. The van der Waals surface area contributed by atoms with Crippen LogP contribution in [-0.2, 0) is 0 Å². The van der Waals surface area contributed by atoms with Crippen LogP contribution in [0, 0.1) is 23.1 Å². The smallest absolute Gasteiger partial charge is 0.214 e. The van der Waals surface area contributed by atoms with Crippen molar-refractivity contribution >= 4 is 11.6 Å². The molecule has 4 aromatic rings. The van der Waals surface area contributed by atoms with Gasteiger partial charge in [0.1, 0.15) is 11.5 Å². The molecule has 0 spiro atoms. The Balaban J connectivity index is 1.47. The fourth-order valence-electron chi connectivity index (χ4n) is 5.46. The number of alkyl halides is 1. The van der Waals surface area contributed by atoms with Crippen molar-refractivity contribution in [1.82, 2.24) is 15.0 Å². The lowest BCUT2D eigenvalue weighted by atomic mass is 9.72. The van der Waals surface area contributed by atoms with Gasteiger partial charge in [0, 0.05) is 29.6 Å². The lowest BCUT2D eigenvalue weighted by molar-refractivity contribution is 0.00814. The van der Waals surface area contributed by atoms with Gasteiger partial charge < -0.3 is 4.52 Å². The average molecular weight is 519 g/mol. The van der Waals surface area contributed by atoms with Crippen molar-refractivity contribution in [3.8, 4) is 17.5 Å². The molecule has 1 aliphatic heterocycles. The van der Waals surface area contributed by atoms with Crippen LogP contribution in [0.2, 0.25) is 5.02 Å². The minimum absolute atomic E-state index is 0.0612. The van der Waals surface area contributed by atoms with Gasteiger partial charge in [0.05, 0.1) is 17.7 Å². The quantitative estimate of drug-likeness (QED) is 0.265. The molecule has 1 saturated heterocycles. The predicted octanol–water partition coefficient (Wildman–Crippen LogP) is 6.95. The first-order valence-electron chi connectivity index (χ1n) is 12.0. The highest BCUT2D eigenvalue weighted by atomic mass is 35.5. The van der Waals surface area contributed by atoms with Gasteiger partial charge in [0.15, 0.2) is 0 Å². The van der Waals surface area contributed by atoms with E-state index in [4.69, 9.17) is 16.1 Å². The topological polar surface area (TPSA) is 66.0 Å². The molecule has 0 amide bonds. The van der Waals surface area contributed by atoms with Gasteiger partial charge in [0.25, 0.3) is 0 Å². The van der Waals surface area contributed by atoms with Gasteiger partial charge in [-0.3, -0.25) is 4.90 Å². The van der Waals surface area contributed by atoms with Gasteiger partial charge in [0.2, 0.25) is 12.2 Å². The molecular weight excluding hydrogens is 494 g/mol. The Labute approximate surface area is 219 Å². The van der Waals surface area contributed by atoms with E-state index < -0.39 is 17.4 Å². The fraction of sp³-hybridized carbons (Fsp3) is 0.276. The molecule has 2 heterocycles. The summed E-state index contributed by atoms with van der Waals surface area (Å²) >= 11 is 6.14. The Morgan fingerprint density at radius 3 is 2.46 bits per heavy atom. The Hall–Kier alpha value is -3.60. The van der Waals surface area contributed by atoms with Crippen molar-refractivity contribution in [2.75, 3.05) is 13.1 Å². The number of benzene rings is 3. The average Bonchev–Trinajstić information content (AvgIpc) is 3.38. The molecule has 1 fully saturated rings. The van der Waals surface area contributed by atoms with Crippen molar-refractivity contribution in [2.45, 2.75) is 31.5 Å². The van der Waals surface area contributed by atoms with Crippen molar-refractivity contribution < 1.29 is 13.3 Å². The number of likely N-dealkylation sites (tertiary alicyclic amines) is 1. The molecule has 0 N–H and O–H groups in total. The first-order chi connectivity index (χ1) is 17.7. The molecule has 5 nitrogen and oxygen atoms in total. The molecule has 1 aromatic heterocycles. The number of aromatic nitrogens is 2. The minimum Gasteiger partial charge on any atom is -0.342 e. The van der Waals surface area contributed by atoms with Gasteiger partial charge in [-0.15, -0.1) is 0 Å². The van der Waals surface area contributed by atoms with E-state index in [1.807, 2.05) is 42.5 Å². The summed E-state index contributed by atoms with van der Waals surface area (Å²) in [6.07, 6.45) is 1.18. The molecule has 1 aliphatic rings. The third kappa shape index (κ3) is 5.27. The van der Waals surface area contributed by atoms with Crippen molar-refractivity contribution in [3.63, 3.8) is 0 Å². The van der Waals surface area contributed by atoms with Crippen LogP contribution < -0.4 is 0 Å². The molecule has 3 aromatic carbocycles. The number of hydrogen-bond acceptors (Lipinski definition) is 5. The lowest BCUT2D eigenvalue weighted by Crippen LogP contribution is -2.53. The summed E-state index contributed by atoms with van der Waals surface area (Å²) in [6, 6.07) is 21.7. The molecule has 2 atom stereocenters. The van der Waals surface area contributed by atoms with Crippen molar-refractivity contribution in [1.29, 1.82) is 5.26 Å². The Kier molecular flexibility index (Phi) is 6.80. The number of nitrogens with zero attached hydrogens (tertiary/aromatic N) is 4. The molecule has 188 valence electrons. The molecule has 8 heteroatoms. The van der Waals surface area contributed by atoms with E-state index >= 15 is 4.39 Å². The number of hydrogen-bond donors (Lipinski definition) is 0. The van der Waals surface area contributed by atoms with Gasteiger partial charge in [-0.2, -0.15) is 10.2 Å². The summed E-state index contributed by atoms with van der Waals surface area (Å²) in [5.41, 5.74) is 1.98. The van der Waals surface area contributed by atoms with Crippen LogP contribution in [0.5, 0.6) is 0 Å². The second-order valence-electron chi connectivity index (χ2n) is 9.98. The summed E-state index contributed by atoms with van der Waals surface area (Å²) in [7, 11) is 0.